The van der Waals surface area contributed by atoms with Gasteiger partial charge in [-0.3, -0.25) is 4.79 Å². The normalized spacial score (nSPS) is 18.4. The molecular formula is C15H23N3O2. The summed E-state index contributed by atoms with van der Waals surface area (Å²) in [7, 11) is 3.53. The Bertz CT molecular complexity index is 454. The van der Waals surface area contributed by atoms with E-state index < -0.39 is 0 Å². The molecule has 1 aromatic heterocycles. The molecule has 1 N–H and O–H groups in total. The Morgan fingerprint density at radius 3 is 3.00 bits per heavy atom. The van der Waals surface area contributed by atoms with Crippen LogP contribution in [0.2, 0.25) is 0 Å². The summed E-state index contributed by atoms with van der Waals surface area (Å²) in [5, 5.41) is 3.01. The second-order valence-corrected chi connectivity index (χ2v) is 5.20. The van der Waals surface area contributed by atoms with Crippen LogP contribution in [0.1, 0.15) is 29.4 Å². The zero-order chi connectivity index (χ0) is 14.5. The number of carbonyl (C=O) groups is 1. The number of hydrogen-bond acceptors (Lipinski definition) is 4. The highest BCUT2D eigenvalue weighted by atomic mass is 16.5. The van der Waals surface area contributed by atoms with E-state index in [4.69, 9.17) is 4.74 Å². The number of carbonyl (C=O) groups excluding carboxylic acids is 1. The van der Waals surface area contributed by atoms with Gasteiger partial charge in [-0.15, -0.1) is 0 Å². The van der Waals surface area contributed by atoms with Crippen molar-refractivity contribution in [2.75, 3.05) is 39.2 Å². The second-order valence-electron chi connectivity index (χ2n) is 5.20. The van der Waals surface area contributed by atoms with Gasteiger partial charge >= 0.3 is 0 Å². The third-order valence-electron chi connectivity index (χ3n) is 3.72. The number of likely N-dealkylation sites (tertiary alicyclic amines) is 1. The molecule has 0 aromatic carbocycles. The van der Waals surface area contributed by atoms with Gasteiger partial charge in [0.2, 0.25) is 0 Å². The third kappa shape index (κ3) is 3.28. The number of rotatable bonds is 5. The minimum Gasteiger partial charge on any atom is -0.384 e. The zero-order valence-electron chi connectivity index (χ0n) is 12.5. The van der Waals surface area contributed by atoms with Gasteiger partial charge in [0.1, 0.15) is 5.82 Å². The summed E-state index contributed by atoms with van der Waals surface area (Å²) in [6, 6.07) is 3.72. The van der Waals surface area contributed by atoms with E-state index in [1.54, 1.807) is 7.11 Å². The maximum Gasteiger partial charge on any atom is 0.254 e. The zero-order valence-corrected chi connectivity index (χ0v) is 12.5. The fraction of sp³-hybridized carbons (Fsp3) is 0.600. The summed E-state index contributed by atoms with van der Waals surface area (Å²) in [6.45, 7) is 4.36. The summed E-state index contributed by atoms with van der Waals surface area (Å²) in [5.74, 6) is 1.30. The Balaban J connectivity index is 2.13. The van der Waals surface area contributed by atoms with Crippen molar-refractivity contribution >= 4 is 11.7 Å². The van der Waals surface area contributed by atoms with Gasteiger partial charge in [-0.1, -0.05) is 6.92 Å². The van der Waals surface area contributed by atoms with Crippen LogP contribution >= 0.6 is 0 Å². The number of aromatic nitrogens is 1. The van der Waals surface area contributed by atoms with Crippen molar-refractivity contribution in [1.29, 1.82) is 0 Å². The topological polar surface area (TPSA) is 54.5 Å². The lowest BCUT2D eigenvalue weighted by molar-refractivity contribution is 0.0775. The number of aryl methyl sites for hydroxylation is 1. The highest BCUT2D eigenvalue weighted by Gasteiger charge is 2.27. The van der Waals surface area contributed by atoms with E-state index >= 15 is 0 Å². The van der Waals surface area contributed by atoms with E-state index in [-0.39, 0.29) is 5.91 Å². The van der Waals surface area contributed by atoms with Gasteiger partial charge in [0.15, 0.2) is 0 Å². The lowest BCUT2D eigenvalue weighted by Gasteiger charge is -2.17. The van der Waals surface area contributed by atoms with Crippen LogP contribution in [-0.2, 0) is 11.2 Å². The molecular weight excluding hydrogens is 254 g/mol. The SMILES string of the molecule is CCc1cc(C(=O)N2CCC(COC)C2)cc(NC)n1. The Labute approximate surface area is 120 Å². The predicted octanol–water partition coefficient (Wildman–Crippen LogP) is 1.79. The summed E-state index contributed by atoms with van der Waals surface area (Å²) < 4.78 is 5.17. The molecule has 110 valence electrons. The number of pyridine rings is 1. The predicted molar refractivity (Wildman–Crippen MR) is 79.0 cm³/mol. The van der Waals surface area contributed by atoms with Gasteiger partial charge in [-0.05, 0) is 25.0 Å². The van der Waals surface area contributed by atoms with Crippen LogP contribution in [0.3, 0.4) is 0 Å². The van der Waals surface area contributed by atoms with Gasteiger partial charge in [0.25, 0.3) is 5.91 Å². The van der Waals surface area contributed by atoms with Crippen LogP contribution in [-0.4, -0.2) is 49.6 Å². The first-order valence-corrected chi connectivity index (χ1v) is 7.14. The summed E-state index contributed by atoms with van der Waals surface area (Å²) >= 11 is 0. The van der Waals surface area contributed by atoms with Crippen molar-refractivity contribution in [1.82, 2.24) is 9.88 Å². The minimum absolute atomic E-state index is 0.0946. The molecule has 20 heavy (non-hydrogen) atoms. The number of anilines is 1. The average Bonchev–Trinajstić information content (AvgIpc) is 2.94. The van der Waals surface area contributed by atoms with Gasteiger partial charge in [-0.2, -0.15) is 0 Å². The molecule has 0 aliphatic carbocycles. The van der Waals surface area contributed by atoms with Crippen LogP contribution in [0.4, 0.5) is 5.82 Å². The van der Waals surface area contributed by atoms with E-state index in [0.29, 0.717) is 5.92 Å². The third-order valence-corrected chi connectivity index (χ3v) is 3.72. The fourth-order valence-electron chi connectivity index (χ4n) is 2.59. The molecule has 0 radical (unpaired) electrons. The number of nitrogens with one attached hydrogen (secondary N) is 1. The molecule has 1 atom stereocenters. The molecule has 1 aliphatic heterocycles. The number of methoxy groups -OCH3 is 1. The van der Waals surface area contributed by atoms with Gasteiger partial charge in [0.05, 0.1) is 6.61 Å². The molecule has 1 aliphatic rings. The van der Waals surface area contributed by atoms with Crippen molar-refractivity contribution in [3.05, 3.63) is 23.4 Å². The van der Waals surface area contributed by atoms with E-state index in [1.165, 1.54) is 0 Å². The largest absolute Gasteiger partial charge is 0.384 e. The number of amides is 1. The highest BCUT2D eigenvalue weighted by Crippen LogP contribution is 2.20. The quantitative estimate of drug-likeness (QED) is 0.891. The molecule has 0 bridgehead atoms. The van der Waals surface area contributed by atoms with E-state index in [9.17, 15) is 4.79 Å². The molecule has 2 heterocycles. The van der Waals surface area contributed by atoms with Crippen molar-refractivity contribution in [2.24, 2.45) is 5.92 Å². The molecule has 1 fully saturated rings. The first kappa shape index (κ1) is 14.8. The lowest BCUT2D eigenvalue weighted by Crippen LogP contribution is -2.29. The van der Waals surface area contributed by atoms with Crippen LogP contribution in [0.15, 0.2) is 12.1 Å². The van der Waals surface area contributed by atoms with E-state index in [1.807, 2.05) is 31.0 Å². The number of hydrogen-bond donors (Lipinski definition) is 1. The lowest BCUT2D eigenvalue weighted by atomic mass is 10.1. The highest BCUT2D eigenvalue weighted by molar-refractivity contribution is 5.95. The standard InChI is InChI=1S/C15H23N3O2/c1-4-13-7-12(8-14(16-2)17-13)15(19)18-6-5-11(9-18)10-20-3/h7-8,11H,4-6,9-10H2,1-3H3,(H,16,17). The Kier molecular flexibility index (Phi) is 4.95. The maximum absolute atomic E-state index is 12.6. The molecule has 2 rings (SSSR count). The molecule has 5 heteroatoms. The smallest absolute Gasteiger partial charge is 0.254 e. The molecule has 5 nitrogen and oxygen atoms in total. The summed E-state index contributed by atoms with van der Waals surface area (Å²) in [4.78, 5) is 18.9. The molecule has 1 unspecified atom stereocenters. The first-order valence-electron chi connectivity index (χ1n) is 7.14. The van der Waals surface area contributed by atoms with Crippen molar-refractivity contribution in [2.45, 2.75) is 19.8 Å². The average molecular weight is 277 g/mol. The Morgan fingerprint density at radius 1 is 1.55 bits per heavy atom. The van der Waals surface area contributed by atoms with Crippen molar-refractivity contribution in [3.63, 3.8) is 0 Å². The minimum atomic E-state index is 0.0946. The fourth-order valence-corrected chi connectivity index (χ4v) is 2.59. The first-order chi connectivity index (χ1) is 9.67. The summed E-state index contributed by atoms with van der Waals surface area (Å²) in [5.41, 5.74) is 1.66. The van der Waals surface area contributed by atoms with Gasteiger partial charge in [0, 0.05) is 44.4 Å². The molecule has 1 aromatic rings. The van der Waals surface area contributed by atoms with E-state index in [2.05, 4.69) is 10.3 Å². The monoisotopic (exact) mass is 277 g/mol. The maximum atomic E-state index is 12.6. The molecule has 0 spiro atoms. The molecule has 1 saturated heterocycles. The number of ether oxygens (including phenoxy) is 1. The van der Waals surface area contributed by atoms with Crippen LogP contribution in [0.25, 0.3) is 0 Å². The van der Waals surface area contributed by atoms with Crippen LogP contribution in [0.5, 0.6) is 0 Å². The Morgan fingerprint density at radius 2 is 2.35 bits per heavy atom. The van der Waals surface area contributed by atoms with Gasteiger partial charge < -0.3 is 15.0 Å². The van der Waals surface area contributed by atoms with Crippen molar-refractivity contribution in [3.8, 4) is 0 Å². The van der Waals surface area contributed by atoms with Crippen LogP contribution in [0, 0.1) is 5.92 Å². The van der Waals surface area contributed by atoms with Crippen molar-refractivity contribution < 1.29 is 9.53 Å². The molecule has 0 saturated carbocycles. The second kappa shape index (κ2) is 6.70. The van der Waals surface area contributed by atoms with Crippen LogP contribution < -0.4 is 5.32 Å². The summed E-state index contributed by atoms with van der Waals surface area (Å²) in [6.07, 6.45) is 1.84. The Hall–Kier alpha value is -1.62. The molecule has 1 amide bonds. The van der Waals surface area contributed by atoms with Gasteiger partial charge in [-0.25, -0.2) is 4.98 Å². The number of nitrogens with zero attached hydrogens (tertiary/aromatic N) is 2. The van der Waals surface area contributed by atoms with E-state index in [0.717, 1.165) is 49.6 Å².